The lowest BCUT2D eigenvalue weighted by Gasteiger charge is -2.07. The third-order valence-corrected chi connectivity index (χ3v) is 2.45. The van der Waals surface area contributed by atoms with Crippen LogP contribution < -0.4 is 14.8 Å². The van der Waals surface area contributed by atoms with Crippen LogP contribution in [0.1, 0.15) is 18.9 Å². The van der Waals surface area contributed by atoms with Crippen molar-refractivity contribution < 1.29 is 19.1 Å². The molecule has 0 heterocycles. The van der Waals surface area contributed by atoms with E-state index in [0.717, 1.165) is 12.0 Å². The number of carbonyl (C=O) groups is 1. The highest BCUT2D eigenvalue weighted by atomic mass is 16.6. The number of carbonyl (C=O) groups excluding carboxylic acids is 1. The van der Waals surface area contributed by atoms with E-state index < -0.39 is 0 Å². The van der Waals surface area contributed by atoms with Gasteiger partial charge in [-0.05, 0) is 24.6 Å². The summed E-state index contributed by atoms with van der Waals surface area (Å²) in [6, 6.07) is 5.35. The molecule has 0 saturated heterocycles. The molecule has 0 aliphatic heterocycles. The fourth-order valence-electron chi connectivity index (χ4n) is 1.44. The number of oxime groups is 1. The Balaban J connectivity index is 2.48. The number of rotatable bonds is 8. The summed E-state index contributed by atoms with van der Waals surface area (Å²) in [4.78, 5) is 16.2. The summed E-state index contributed by atoms with van der Waals surface area (Å²) in [6.45, 7) is 2.53. The van der Waals surface area contributed by atoms with Crippen molar-refractivity contribution in [2.75, 3.05) is 27.4 Å². The van der Waals surface area contributed by atoms with Crippen molar-refractivity contribution in [2.45, 2.75) is 13.3 Å². The molecule has 0 aliphatic rings. The maximum Gasteiger partial charge on any atom is 0.260 e. The van der Waals surface area contributed by atoms with Gasteiger partial charge in [-0.3, -0.25) is 4.79 Å². The fraction of sp³-hybridized carbons (Fsp3) is 0.429. The molecule has 0 atom stereocenters. The first-order valence-electron chi connectivity index (χ1n) is 6.35. The molecule has 1 amide bonds. The molecule has 6 nitrogen and oxygen atoms in total. The van der Waals surface area contributed by atoms with Crippen LogP contribution in [-0.2, 0) is 9.63 Å². The van der Waals surface area contributed by atoms with Crippen molar-refractivity contribution in [1.29, 1.82) is 0 Å². The lowest BCUT2D eigenvalue weighted by molar-refractivity contribution is -0.125. The van der Waals surface area contributed by atoms with Crippen molar-refractivity contribution in [1.82, 2.24) is 5.32 Å². The Morgan fingerprint density at radius 1 is 1.30 bits per heavy atom. The lowest BCUT2D eigenvalue weighted by Crippen LogP contribution is -2.27. The summed E-state index contributed by atoms with van der Waals surface area (Å²) < 4.78 is 10.3. The highest BCUT2D eigenvalue weighted by Crippen LogP contribution is 2.26. The average Bonchev–Trinajstić information content (AvgIpc) is 2.49. The fourth-order valence-corrected chi connectivity index (χ4v) is 1.44. The van der Waals surface area contributed by atoms with E-state index in [-0.39, 0.29) is 12.5 Å². The Bertz CT molecular complexity index is 460. The van der Waals surface area contributed by atoms with Crippen LogP contribution in [0.3, 0.4) is 0 Å². The molecule has 0 aromatic heterocycles. The van der Waals surface area contributed by atoms with Crippen LogP contribution in [-0.4, -0.2) is 39.5 Å². The molecule has 0 aliphatic carbocycles. The maximum absolute atomic E-state index is 11.3. The Morgan fingerprint density at radius 3 is 2.70 bits per heavy atom. The third-order valence-electron chi connectivity index (χ3n) is 2.45. The number of ether oxygens (including phenoxy) is 2. The molecular weight excluding hydrogens is 260 g/mol. The number of hydrogen-bond donors (Lipinski definition) is 1. The first kappa shape index (κ1) is 15.8. The van der Waals surface area contributed by atoms with E-state index >= 15 is 0 Å². The normalized spacial score (nSPS) is 10.3. The quantitative estimate of drug-likeness (QED) is 0.580. The van der Waals surface area contributed by atoms with Gasteiger partial charge in [0.15, 0.2) is 18.1 Å². The largest absolute Gasteiger partial charge is 0.493 e. The third kappa shape index (κ3) is 5.17. The molecule has 1 aromatic carbocycles. The van der Waals surface area contributed by atoms with Gasteiger partial charge in [-0.25, -0.2) is 0 Å². The summed E-state index contributed by atoms with van der Waals surface area (Å²) in [6.07, 6.45) is 2.40. The topological polar surface area (TPSA) is 69.2 Å². The van der Waals surface area contributed by atoms with Gasteiger partial charge < -0.3 is 19.6 Å². The van der Waals surface area contributed by atoms with Gasteiger partial charge >= 0.3 is 0 Å². The standard InChI is InChI=1S/C14H20N2O4/c1-4-7-15-14(17)10-20-16-9-11-5-6-12(18-2)13(8-11)19-3/h5-6,8-9H,4,7,10H2,1-3H3,(H,15,17)/b16-9-. The Morgan fingerprint density at radius 2 is 2.05 bits per heavy atom. The average molecular weight is 280 g/mol. The first-order chi connectivity index (χ1) is 9.71. The van der Waals surface area contributed by atoms with E-state index in [0.29, 0.717) is 18.0 Å². The van der Waals surface area contributed by atoms with Gasteiger partial charge in [0.2, 0.25) is 0 Å². The number of methoxy groups -OCH3 is 2. The van der Waals surface area contributed by atoms with Crippen molar-refractivity contribution in [3.63, 3.8) is 0 Å². The Hall–Kier alpha value is -2.24. The predicted octanol–water partition coefficient (Wildman–Crippen LogP) is 1.58. The van der Waals surface area contributed by atoms with Crippen LogP contribution in [0.25, 0.3) is 0 Å². The van der Waals surface area contributed by atoms with Crippen LogP contribution in [0, 0.1) is 0 Å². The van der Waals surface area contributed by atoms with Crippen molar-refractivity contribution >= 4 is 12.1 Å². The van der Waals surface area contributed by atoms with E-state index in [2.05, 4.69) is 10.5 Å². The SMILES string of the molecule is CCCNC(=O)CO/N=C\c1ccc(OC)c(OC)c1. The van der Waals surface area contributed by atoms with E-state index in [1.165, 1.54) is 6.21 Å². The molecule has 0 bridgehead atoms. The minimum absolute atomic E-state index is 0.0935. The molecular formula is C14H20N2O4. The minimum Gasteiger partial charge on any atom is -0.493 e. The monoisotopic (exact) mass is 280 g/mol. The van der Waals surface area contributed by atoms with Gasteiger partial charge in [0.05, 0.1) is 20.4 Å². The predicted molar refractivity (Wildman–Crippen MR) is 76.4 cm³/mol. The second-order valence-corrected chi connectivity index (χ2v) is 3.97. The van der Waals surface area contributed by atoms with Crippen LogP contribution >= 0.6 is 0 Å². The zero-order valence-corrected chi connectivity index (χ0v) is 12.0. The van der Waals surface area contributed by atoms with E-state index in [9.17, 15) is 4.79 Å². The molecule has 6 heteroatoms. The van der Waals surface area contributed by atoms with Gasteiger partial charge in [0.1, 0.15) is 0 Å². The van der Waals surface area contributed by atoms with Crippen molar-refractivity contribution in [3.8, 4) is 11.5 Å². The maximum atomic E-state index is 11.3. The molecule has 0 unspecified atom stereocenters. The second kappa shape index (κ2) is 8.79. The van der Waals surface area contributed by atoms with Crippen LogP contribution in [0.15, 0.2) is 23.4 Å². The van der Waals surface area contributed by atoms with Gasteiger partial charge in [-0.2, -0.15) is 0 Å². The molecule has 1 N–H and O–H groups in total. The number of nitrogens with one attached hydrogen (secondary N) is 1. The smallest absolute Gasteiger partial charge is 0.260 e. The highest BCUT2D eigenvalue weighted by molar-refractivity contribution is 5.81. The van der Waals surface area contributed by atoms with Crippen LogP contribution in [0.4, 0.5) is 0 Å². The molecule has 0 spiro atoms. The molecule has 1 rings (SSSR count). The van der Waals surface area contributed by atoms with Crippen LogP contribution in [0.2, 0.25) is 0 Å². The molecule has 0 fully saturated rings. The molecule has 20 heavy (non-hydrogen) atoms. The molecule has 1 aromatic rings. The van der Waals surface area contributed by atoms with Gasteiger partial charge in [-0.1, -0.05) is 12.1 Å². The molecule has 0 radical (unpaired) electrons. The minimum atomic E-state index is -0.184. The summed E-state index contributed by atoms with van der Waals surface area (Å²) in [7, 11) is 3.14. The molecule has 110 valence electrons. The Labute approximate surface area is 118 Å². The number of benzene rings is 1. The number of hydrogen-bond acceptors (Lipinski definition) is 5. The van der Waals surface area contributed by atoms with Crippen molar-refractivity contribution in [3.05, 3.63) is 23.8 Å². The lowest BCUT2D eigenvalue weighted by atomic mass is 10.2. The highest BCUT2D eigenvalue weighted by Gasteiger charge is 2.03. The molecule has 0 saturated carbocycles. The van der Waals surface area contributed by atoms with E-state index in [4.69, 9.17) is 14.3 Å². The van der Waals surface area contributed by atoms with E-state index in [1.54, 1.807) is 26.4 Å². The number of amides is 1. The summed E-state index contributed by atoms with van der Waals surface area (Å²) in [5, 5.41) is 6.43. The first-order valence-corrected chi connectivity index (χ1v) is 6.35. The summed E-state index contributed by atoms with van der Waals surface area (Å²) >= 11 is 0. The Kier molecular flexibility index (Phi) is 6.95. The summed E-state index contributed by atoms with van der Waals surface area (Å²) in [5.41, 5.74) is 0.789. The van der Waals surface area contributed by atoms with Gasteiger partial charge in [-0.15, -0.1) is 0 Å². The number of nitrogens with zero attached hydrogens (tertiary/aromatic N) is 1. The van der Waals surface area contributed by atoms with E-state index in [1.807, 2.05) is 13.0 Å². The zero-order chi connectivity index (χ0) is 14.8. The van der Waals surface area contributed by atoms with Gasteiger partial charge in [0, 0.05) is 12.1 Å². The second-order valence-electron chi connectivity index (χ2n) is 3.97. The van der Waals surface area contributed by atoms with Crippen molar-refractivity contribution in [2.24, 2.45) is 5.16 Å². The van der Waals surface area contributed by atoms with Gasteiger partial charge in [0.25, 0.3) is 5.91 Å². The van der Waals surface area contributed by atoms with Crippen LogP contribution in [0.5, 0.6) is 11.5 Å². The summed E-state index contributed by atoms with van der Waals surface area (Å²) in [5.74, 6) is 1.07. The zero-order valence-electron chi connectivity index (χ0n) is 12.0.